The molecule has 2 atom stereocenters. The minimum absolute atomic E-state index is 0.0149. The second kappa shape index (κ2) is 7.27. The standard InChI is InChI=1S/C12H18N4O5/c1-6(10(17)18)7(2)13-12(19)16-11-14-8(20-3)5-9(15-11)21-4/h5-7H,1-4H3,(H,17,18)(H2,13,14,15,16,19). The third-order valence-corrected chi connectivity index (χ3v) is 2.82. The van der Waals surface area contributed by atoms with Crippen molar-refractivity contribution in [3.05, 3.63) is 6.07 Å². The number of nitrogens with zero attached hydrogens (tertiary/aromatic N) is 2. The number of rotatable bonds is 6. The molecule has 1 heterocycles. The Labute approximate surface area is 121 Å². The highest BCUT2D eigenvalue weighted by Gasteiger charge is 2.21. The predicted octanol–water partition coefficient (Wildman–Crippen LogP) is 0.724. The van der Waals surface area contributed by atoms with Crippen LogP contribution in [0.4, 0.5) is 10.7 Å². The average Bonchev–Trinajstić information content (AvgIpc) is 2.45. The molecule has 0 saturated heterocycles. The van der Waals surface area contributed by atoms with E-state index in [0.717, 1.165) is 0 Å². The maximum atomic E-state index is 11.8. The lowest BCUT2D eigenvalue weighted by Crippen LogP contribution is -2.42. The smallest absolute Gasteiger partial charge is 0.321 e. The van der Waals surface area contributed by atoms with Crippen LogP contribution in [0.15, 0.2) is 6.07 Å². The van der Waals surface area contributed by atoms with Gasteiger partial charge in [-0.3, -0.25) is 10.1 Å². The van der Waals surface area contributed by atoms with E-state index in [0.29, 0.717) is 0 Å². The molecule has 1 aromatic heterocycles. The minimum atomic E-state index is -0.998. The molecule has 0 spiro atoms. The van der Waals surface area contributed by atoms with Gasteiger partial charge in [-0.05, 0) is 13.8 Å². The first-order chi connectivity index (χ1) is 9.87. The Morgan fingerprint density at radius 1 is 1.19 bits per heavy atom. The number of hydrogen-bond acceptors (Lipinski definition) is 6. The molecule has 0 aliphatic rings. The second-order valence-corrected chi connectivity index (χ2v) is 4.29. The summed E-state index contributed by atoms with van der Waals surface area (Å²) in [7, 11) is 2.84. The summed E-state index contributed by atoms with van der Waals surface area (Å²) in [4.78, 5) is 30.4. The van der Waals surface area contributed by atoms with Gasteiger partial charge >= 0.3 is 12.0 Å². The zero-order valence-electron chi connectivity index (χ0n) is 12.2. The Hall–Kier alpha value is -2.58. The summed E-state index contributed by atoms with van der Waals surface area (Å²) in [5.41, 5.74) is 0. The average molecular weight is 298 g/mol. The molecule has 9 heteroatoms. The lowest BCUT2D eigenvalue weighted by Gasteiger charge is -2.17. The summed E-state index contributed by atoms with van der Waals surface area (Å²) in [5.74, 6) is -1.29. The van der Waals surface area contributed by atoms with Crippen molar-refractivity contribution in [3.63, 3.8) is 0 Å². The Balaban J connectivity index is 2.72. The molecule has 2 unspecified atom stereocenters. The van der Waals surface area contributed by atoms with Gasteiger partial charge in [-0.25, -0.2) is 4.79 Å². The molecule has 3 N–H and O–H groups in total. The summed E-state index contributed by atoms with van der Waals surface area (Å²) in [6.45, 7) is 3.09. The molecule has 0 radical (unpaired) electrons. The van der Waals surface area contributed by atoms with Gasteiger partial charge in [0.25, 0.3) is 0 Å². The van der Waals surface area contributed by atoms with E-state index in [1.54, 1.807) is 6.92 Å². The number of aromatic nitrogens is 2. The Bertz CT molecular complexity index is 500. The zero-order chi connectivity index (χ0) is 16.0. The van der Waals surface area contributed by atoms with Crippen molar-refractivity contribution in [1.82, 2.24) is 15.3 Å². The van der Waals surface area contributed by atoms with Crippen LogP contribution in [0.5, 0.6) is 11.8 Å². The fourth-order valence-electron chi connectivity index (χ4n) is 1.35. The number of carboxylic acid groups (broad SMARTS) is 1. The summed E-state index contributed by atoms with van der Waals surface area (Å²) in [6, 6.07) is 0.277. The maximum absolute atomic E-state index is 11.8. The number of ether oxygens (including phenoxy) is 2. The van der Waals surface area contributed by atoms with Crippen LogP contribution >= 0.6 is 0 Å². The van der Waals surface area contributed by atoms with Crippen LogP contribution in [0, 0.1) is 5.92 Å². The molecule has 0 aliphatic carbocycles. The van der Waals surface area contributed by atoms with Gasteiger partial charge in [0.2, 0.25) is 17.7 Å². The van der Waals surface area contributed by atoms with E-state index in [1.807, 2.05) is 0 Å². The molecule has 116 valence electrons. The molecule has 0 fully saturated rings. The SMILES string of the molecule is COc1cc(OC)nc(NC(=O)NC(C)C(C)C(=O)O)n1. The van der Waals surface area contributed by atoms with Gasteiger partial charge in [-0.2, -0.15) is 9.97 Å². The fourth-order valence-corrected chi connectivity index (χ4v) is 1.35. The summed E-state index contributed by atoms with van der Waals surface area (Å²) < 4.78 is 9.90. The molecule has 0 aromatic carbocycles. The quantitative estimate of drug-likeness (QED) is 0.707. The molecular weight excluding hydrogens is 280 g/mol. The monoisotopic (exact) mass is 298 g/mol. The van der Waals surface area contributed by atoms with Crippen molar-refractivity contribution >= 4 is 17.9 Å². The molecule has 9 nitrogen and oxygen atoms in total. The van der Waals surface area contributed by atoms with Crippen molar-refractivity contribution < 1.29 is 24.2 Å². The number of amides is 2. The highest BCUT2D eigenvalue weighted by Crippen LogP contribution is 2.17. The fraction of sp³-hybridized carbons (Fsp3) is 0.500. The first kappa shape index (κ1) is 16.5. The molecular formula is C12H18N4O5. The predicted molar refractivity (Wildman–Crippen MR) is 73.6 cm³/mol. The maximum Gasteiger partial charge on any atom is 0.321 e. The van der Waals surface area contributed by atoms with Gasteiger partial charge in [-0.15, -0.1) is 0 Å². The van der Waals surface area contributed by atoms with Gasteiger partial charge in [0.15, 0.2) is 0 Å². The van der Waals surface area contributed by atoms with Crippen LogP contribution in [-0.2, 0) is 4.79 Å². The van der Waals surface area contributed by atoms with Crippen molar-refractivity contribution in [3.8, 4) is 11.8 Å². The normalized spacial score (nSPS) is 13.0. The highest BCUT2D eigenvalue weighted by molar-refractivity contribution is 5.88. The lowest BCUT2D eigenvalue weighted by molar-refractivity contribution is -0.141. The first-order valence-electron chi connectivity index (χ1n) is 6.14. The van der Waals surface area contributed by atoms with Crippen molar-refractivity contribution in [2.24, 2.45) is 5.92 Å². The van der Waals surface area contributed by atoms with Crippen molar-refractivity contribution in [2.75, 3.05) is 19.5 Å². The Kier molecular flexibility index (Phi) is 5.70. The minimum Gasteiger partial charge on any atom is -0.481 e. The molecule has 1 aromatic rings. The van der Waals surface area contributed by atoms with Gasteiger partial charge < -0.3 is 19.9 Å². The number of urea groups is 1. The van der Waals surface area contributed by atoms with Crippen LogP contribution in [0.3, 0.4) is 0 Å². The summed E-state index contributed by atoms with van der Waals surface area (Å²) in [5, 5.41) is 13.7. The molecule has 0 saturated carbocycles. The number of nitrogens with one attached hydrogen (secondary N) is 2. The summed E-state index contributed by atoms with van der Waals surface area (Å²) >= 11 is 0. The van der Waals surface area contributed by atoms with E-state index in [2.05, 4.69) is 20.6 Å². The number of methoxy groups -OCH3 is 2. The Morgan fingerprint density at radius 2 is 1.71 bits per heavy atom. The third-order valence-electron chi connectivity index (χ3n) is 2.82. The first-order valence-corrected chi connectivity index (χ1v) is 6.14. The molecule has 2 amide bonds. The lowest BCUT2D eigenvalue weighted by atomic mass is 10.0. The molecule has 21 heavy (non-hydrogen) atoms. The number of anilines is 1. The van der Waals surface area contributed by atoms with Gasteiger partial charge in [0.05, 0.1) is 26.2 Å². The van der Waals surface area contributed by atoms with Gasteiger partial charge in [0.1, 0.15) is 0 Å². The summed E-state index contributed by atoms with van der Waals surface area (Å²) in [6.07, 6.45) is 0. The molecule has 1 rings (SSSR count). The number of carbonyl (C=O) groups is 2. The third kappa shape index (κ3) is 4.79. The number of carbonyl (C=O) groups excluding carboxylic acids is 1. The van der Waals surface area contributed by atoms with Crippen LogP contribution < -0.4 is 20.1 Å². The topological polar surface area (TPSA) is 123 Å². The molecule has 0 aliphatic heterocycles. The van der Waals surface area contributed by atoms with Crippen molar-refractivity contribution in [2.45, 2.75) is 19.9 Å². The van der Waals surface area contributed by atoms with E-state index in [9.17, 15) is 9.59 Å². The van der Waals surface area contributed by atoms with Crippen LogP contribution in [0.2, 0.25) is 0 Å². The van der Waals surface area contributed by atoms with Crippen molar-refractivity contribution in [1.29, 1.82) is 0 Å². The van der Waals surface area contributed by atoms with E-state index in [4.69, 9.17) is 14.6 Å². The number of carboxylic acids is 1. The van der Waals surface area contributed by atoms with Gasteiger partial charge in [-0.1, -0.05) is 0 Å². The zero-order valence-corrected chi connectivity index (χ0v) is 12.2. The van der Waals surface area contributed by atoms with Crippen LogP contribution in [0.25, 0.3) is 0 Å². The van der Waals surface area contributed by atoms with E-state index >= 15 is 0 Å². The highest BCUT2D eigenvalue weighted by atomic mass is 16.5. The number of hydrogen-bond donors (Lipinski definition) is 3. The van der Waals surface area contributed by atoms with E-state index < -0.39 is 24.0 Å². The largest absolute Gasteiger partial charge is 0.481 e. The molecule has 0 bridgehead atoms. The Morgan fingerprint density at radius 3 is 2.14 bits per heavy atom. The van der Waals surface area contributed by atoms with E-state index in [1.165, 1.54) is 27.2 Å². The second-order valence-electron chi connectivity index (χ2n) is 4.29. The van der Waals surface area contributed by atoms with Crippen LogP contribution in [-0.4, -0.2) is 47.3 Å². The number of aliphatic carboxylic acids is 1. The van der Waals surface area contributed by atoms with Gasteiger partial charge in [0, 0.05) is 6.04 Å². The van der Waals surface area contributed by atoms with E-state index in [-0.39, 0.29) is 17.7 Å². The van der Waals surface area contributed by atoms with Crippen LogP contribution in [0.1, 0.15) is 13.8 Å².